The van der Waals surface area contributed by atoms with Crippen LogP contribution in [0, 0.1) is 5.92 Å². The molecule has 2 nitrogen and oxygen atoms in total. The molecule has 1 aliphatic carbocycles. The molecule has 1 N–H and O–H groups in total. The maximum Gasteiger partial charge on any atom is 0.0794 e. The predicted molar refractivity (Wildman–Crippen MR) is 65.2 cm³/mol. The second-order valence-electron chi connectivity index (χ2n) is 4.46. The van der Waals surface area contributed by atoms with Crippen LogP contribution in [0.1, 0.15) is 37.5 Å². The van der Waals surface area contributed by atoms with Gasteiger partial charge in [0.1, 0.15) is 0 Å². The van der Waals surface area contributed by atoms with Gasteiger partial charge in [-0.25, -0.2) is 0 Å². The molecule has 0 spiro atoms. The number of thiazole rings is 1. The van der Waals surface area contributed by atoms with E-state index in [0.29, 0.717) is 6.04 Å². The summed E-state index contributed by atoms with van der Waals surface area (Å²) >= 11 is 1.78. The summed E-state index contributed by atoms with van der Waals surface area (Å²) in [6.45, 7) is 3.27. The molecule has 1 heterocycles. The van der Waals surface area contributed by atoms with Crippen LogP contribution < -0.4 is 5.32 Å². The van der Waals surface area contributed by atoms with E-state index in [1.54, 1.807) is 11.3 Å². The zero-order valence-corrected chi connectivity index (χ0v) is 10.2. The first-order valence-corrected chi connectivity index (χ1v) is 6.87. The highest BCUT2D eigenvalue weighted by Gasteiger charge is 2.21. The molecule has 15 heavy (non-hydrogen) atoms. The van der Waals surface area contributed by atoms with Crippen LogP contribution in [0.5, 0.6) is 0 Å². The van der Waals surface area contributed by atoms with E-state index in [2.05, 4.69) is 17.2 Å². The molecule has 0 amide bonds. The van der Waals surface area contributed by atoms with Crippen molar-refractivity contribution in [3.8, 4) is 0 Å². The first-order valence-electron chi connectivity index (χ1n) is 5.99. The first-order chi connectivity index (χ1) is 7.38. The van der Waals surface area contributed by atoms with Gasteiger partial charge in [0.15, 0.2) is 0 Å². The minimum absolute atomic E-state index is 0.667. The topological polar surface area (TPSA) is 24.9 Å². The number of aromatic nitrogens is 1. The molecular weight excluding hydrogens is 204 g/mol. The van der Waals surface area contributed by atoms with Crippen LogP contribution in [0.2, 0.25) is 0 Å². The van der Waals surface area contributed by atoms with Gasteiger partial charge in [-0.3, -0.25) is 4.98 Å². The summed E-state index contributed by atoms with van der Waals surface area (Å²) < 4.78 is 0. The quantitative estimate of drug-likeness (QED) is 0.803. The van der Waals surface area contributed by atoms with Crippen LogP contribution in [-0.2, 0) is 6.42 Å². The average molecular weight is 224 g/mol. The van der Waals surface area contributed by atoms with E-state index in [1.165, 1.54) is 30.6 Å². The summed E-state index contributed by atoms with van der Waals surface area (Å²) in [5.41, 5.74) is 1.93. The first kappa shape index (κ1) is 11.1. The van der Waals surface area contributed by atoms with Gasteiger partial charge in [0.25, 0.3) is 0 Å². The zero-order valence-electron chi connectivity index (χ0n) is 9.41. The van der Waals surface area contributed by atoms with Crippen molar-refractivity contribution in [2.45, 2.75) is 45.1 Å². The van der Waals surface area contributed by atoms with Crippen molar-refractivity contribution in [3.63, 3.8) is 0 Å². The Morgan fingerprint density at radius 2 is 2.47 bits per heavy atom. The largest absolute Gasteiger partial charge is 0.314 e. The fraction of sp³-hybridized carbons (Fsp3) is 0.750. The van der Waals surface area contributed by atoms with E-state index < -0.39 is 0 Å². The van der Waals surface area contributed by atoms with Gasteiger partial charge in [0.2, 0.25) is 0 Å². The molecule has 1 aliphatic rings. The van der Waals surface area contributed by atoms with Gasteiger partial charge in [-0.05, 0) is 25.3 Å². The monoisotopic (exact) mass is 224 g/mol. The van der Waals surface area contributed by atoms with Gasteiger partial charge in [-0.15, -0.1) is 11.3 Å². The van der Waals surface area contributed by atoms with Gasteiger partial charge in [-0.2, -0.15) is 0 Å². The van der Waals surface area contributed by atoms with E-state index in [9.17, 15) is 0 Å². The van der Waals surface area contributed by atoms with Crippen molar-refractivity contribution < 1.29 is 0 Å². The number of nitrogens with zero attached hydrogens (tertiary/aromatic N) is 1. The molecule has 3 heteroatoms. The molecule has 1 aromatic heterocycles. The Morgan fingerprint density at radius 3 is 3.00 bits per heavy atom. The highest BCUT2D eigenvalue weighted by Crippen LogP contribution is 2.31. The number of likely N-dealkylation sites (N-methyl/N-ethyl adjacent to an activating group) is 1. The summed E-state index contributed by atoms with van der Waals surface area (Å²) in [6.07, 6.45) is 8.87. The van der Waals surface area contributed by atoms with Crippen molar-refractivity contribution >= 4 is 11.3 Å². The Hall–Kier alpha value is -0.410. The van der Waals surface area contributed by atoms with Gasteiger partial charge in [0, 0.05) is 17.1 Å². The molecule has 84 valence electrons. The van der Waals surface area contributed by atoms with Crippen LogP contribution in [0.15, 0.2) is 11.7 Å². The van der Waals surface area contributed by atoms with Crippen molar-refractivity contribution in [2.24, 2.45) is 5.92 Å². The van der Waals surface area contributed by atoms with E-state index in [4.69, 9.17) is 0 Å². The molecule has 0 aliphatic heterocycles. The molecule has 1 saturated carbocycles. The highest BCUT2D eigenvalue weighted by molar-refractivity contribution is 7.09. The van der Waals surface area contributed by atoms with Crippen molar-refractivity contribution in [3.05, 3.63) is 16.6 Å². The number of hydrogen-bond donors (Lipinski definition) is 1. The van der Waals surface area contributed by atoms with Gasteiger partial charge >= 0.3 is 0 Å². The average Bonchev–Trinajstić information content (AvgIpc) is 2.64. The maximum atomic E-state index is 4.14. The van der Waals surface area contributed by atoms with Crippen LogP contribution in [0.4, 0.5) is 0 Å². The van der Waals surface area contributed by atoms with Gasteiger partial charge in [0.05, 0.1) is 5.51 Å². The fourth-order valence-corrected chi connectivity index (χ4v) is 2.92. The molecule has 0 aromatic carbocycles. The third-order valence-electron chi connectivity index (χ3n) is 3.27. The minimum Gasteiger partial charge on any atom is -0.314 e. The lowest BCUT2D eigenvalue weighted by Gasteiger charge is -2.29. The third kappa shape index (κ3) is 3.28. The summed E-state index contributed by atoms with van der Waals surface area (Å²) in [5, 5.41) is 3.60. The molecular formula is C12H20N2S. The summed E-state index contributed by atoms with van der Waals surface area (Å²) in [4.78, 5) is 5.56. The normalized spacial score (nSPS) is 18.7. The van der Waals surface area contributed by atoms with E-state index >= 15 is 0 Å². The Morgan fingerprint density at radius 1 is 1.60 bits per heavy atom. The second-order valence-corrected chi connectivity index (χ2v) is 5.43. The van der Waals surface area contributed by atoms with Crippen LogP contribution in [0.25, 0.3) is 0 Å². The predicted octanol–water partition coefficient (Wildman–Crippen LogP) is 2.85. The summed E-state index contributed by atoms with van der Waals surface area (Å²) in [5.74, 6) is 0.988. The minimum atomic E-state index is 0.667. The van der Waals surface area contributed by atoms with Crippen molar-refractivity contribution in [1.82, 2.24) is 10.3 Å². The lowest BCUT2D eigenvalue weighted by atomic mass is 9.80. The number of nitrogens with one attached hydrogen (secondary N) is 1. The highest BCUT2D eigenvalue weighted by atomic mass is 32.1. The maximum absolute atomic E-state index is 4.14. The molecule has 0 bridgehead atoms. The fourth-order valence-electron chi connectivity index (χ4n) is 2.24. The Labute approximate surface area is 96.1 Å². The van der Waals surface area contributed by atoms with Crippen LogP contribution >= 0.6 is 11.3 Å². The van der Waals surface area contributed by atoms with Gasteiger partial charge < -0.3 is 5.32 Å². The number of hydrogen-bond acceptors (Lipinski definition) is 3. The third-order valence-corrected chi connectivity index (χ3v) is 4.07. The molecule has 2 rings (SSSR count). The van der Waals surface area contributed by atoms with Crippen LogP contribution in [0.3, 0.4) is 0 Å². The lowest BCUT2D eigenvalue weighted by Crippen LogP contribution is -2.34. The lowest BCUT2D eigenvalue weighted by molar-refractivity contribution is 0.260. The summed E-state index contributed by atoms with van der Waals surface area (Å²) in [6, 6.07) is 0.667. The van der Waals surface area contributed by atoms with Crippen LogP contribution in [-0.4, -0.2) is 17.6 Å². The molecule has 1 atom stereocenters. The molecule has 1 unspecified atom stereocenters. The van der Waals surface area contributed by atoms with Crippen molar-refractivity contribution in [2.75, 3.05) is 6.54 Å². The Kier molecular flexibility index (Phi) is 4.15. The molecule has 1 fully saturated rings. The van der Waals surface area contributed by atoms with E-state index in [0.717, 1.165) is 18.9 Å². The standard InChI is InChI=1S/C12H20N2S/c1-2-14-11(6-10-4-3-5-10)7-12-8-13-9-15-12/h8-11,14H,2-7H2,1H3. The Balaban J connectivity index is 1.81. The van der Waals surface area contributed by atoms with Crippen molar-refractivity contribution in [1.29, 1.82) is 0 Å². The second kappa shape index (κ2) is 5.61. The zero-order chi connectivity index (χ0) is 10.5. The van der Waals surface area contributed by atoms with Gasteiger partial charge in [-0.1, -0.05) is 26.2 Å². The van der Waals surface area contributed by atoms with E-state index in [1.807, 2.05) is 11.7 Å². The number of rotatable bonds is 6. The SMILES string of the molecule is CCNC(Cc1cncs1)CC1CCC1. The molecule has 1 aromatic rings. The molecule has 0 radical (unpaired) electrons. The van der Waals surface area contributed by atoms with E-state index in [-0.39, 0.29) is 0 Å². The molecule has 0 saturated heterocycles. The smallest absolute Gasteiger partial charge is 0.0794 e. The summed E-state index contributed by atoms with van der Waals surface area (Å²) in [7, 11) is 0. The Bertz CT molecular complexity index is 267.